The Bertz CT molecular complexity index is 1220. The number of aryl methyl sites for hydroxylation is 1. The van der Waals surface area contributed by atoms with Gasteiger partial charge in [0.05, 0.1) is 17.3 Å². The number of likely N-dealkylation sites (tertiary alicyclic amines) is 1. The molecule has 1 saturated heterocycles. The van der Waals surface area contributed by atoms with Crippen LogP contribution in [0.25, 0.3) is 10.9 Å². The first-order valence-corrected chi connectivity index (χ1v) is 11.5. The van der Waals surface area contributed by atoms with E-state index in [0.29, 0.717) is 25.9 Å². The van der Waals surface area contributed by atoms with Gasteiger partial charge in [0.1, 0.15) is 6.04 Å². The molecule has 1 aromatic heterocycles. The lowest BCUT2D eigenvalue weighted by molar-refractivity contribution is -0.139. The third-order valence-electron chi connectivity index (χ3n) is 7.09. The zero-order valence-corrected chi connectivity index (χ0v) is 19.0. The van der Waals surface area contributed by atoms with Gasteiger partial charge in [0.15, 0.2) is 0 Å². The molecule has 0 radical (unpaired) electrons. The molecule has 0 bridgehead atoms. The molecule has 4 amide bonds. The average Bonchev–Trinajstić information content (AvgIpc) is 3.28. The molecule has 5 rings (SSSR count). The van der Waals surface area contributed by atoms with Crippen LogP contribution in [0.3, 0.4) is 0 Å². The van der Waals surface area contributed by atoms with Crippen molar-refractivity contribution in [1.29, 1.82) is 0 Å². The van der Waals surface area contributed by atoms with Gasteiger partial charge in [0.25, 0.3) is 0 Å². The smallest absolute Gasteiger partial charge is 0.326 e. The highest BCUT2D eigenvalue weighted by atomic mass is 16.4. The van der Waals surface area contributed by atoms with Crippen molar-refractivity contribution in [2.24, 2.45) is 0 Å². The van der Waals surface area contributed by atoms with Gasteiger partial charge in [-0.1, -0.05) is 12.1 Å². The standard InChI is InChI=1S/C24H28N6O4/c1-14-10-15(11-16-13-25-29-20(14)16)12-19(21(31)32)27-23(34)30-8-6-24(7-9-30)17-4-2-3-5-18(17)26-22(33)28-24/h3,5,10-11,13,19H,2,4,6-9,12H2,1H3,(H,25,29)(H,27,34)(H,31,32)(H2,26,28,33). The molecule has 178 valence electrons. The number of carboxylic acid groups (broad SMARTS) is 1. The normalized spacial score (nSPS) is 20.0. The number of allylic oxidation sites excluding steroid dienone is 2. The van der Waals surface area contributed by atoms with Gasteiger partial charge in [-0.15, -0.1) is 0 Å². The van der Waals surface area contributed by atoms with Crippen molar-refractivity contribution in [3.05, 3.63) is 52.9 Å². The second-order valence-electron chi connectivity index (χ2n) is 9.27. The summed E-state index contributed by atoms with van der Waals surface area (Å²) < 4.78 is 0. The molecule has 34 heavy (non-hydrogen) atoms. The Balaban J connectivity index is 1.26. The molecule has 2 aromatic rings. The Hall–Kier alpha value is -3.82. The van der Waals surface area contributed by atoms with Gasteiger partial charge in [-0.2, -0.15) is 5.10 Å². The second-order valence-corrected chi connectivity index (χ2v) is 9.27. The Morgan fingerprint density at radius 3 is 2.85 bits per heavy atom. The Kier molecular flexibility index (Phi) is 5.51. The average molecular weight is 465 g/mol. The molecule has 3 heterocycles. The predicted octanol–water partition coefficient (Wildman–Crippen LogP) is 2.33. The molecule has 0 saturated carbocycles. The number of carbonyl (C=O) groups excluding carboxylic acids is 2. The third-order valence-corrected chi connectivity index (χ3v) is 7.09. The van der Waals surface area contributed by atoms with Crippen molar-refractivity contribution in [2.75, 3.05) is 13.1 Å². The number of piperidine rings is 1. The number of hydrogen-bond donors (Lipinski definition) is 5. The molecule has 1 fully saturated rings. The first-order chi connectivity index (χ1) is 16.3. The molecule has 10 nitrogen and oxygen atoms in total. The van der Waals surface area contributed by atoms with Gasteiger partial charge < -0.3 is 26.0 Å². The molecule has 1 spiro atoms. The summed E-state index contributed by atoms with van der Waals surface area (Å²) in [6, 6.07) is 2.13. The zero-order chi connectivity index (χ0) is 23.9. The molecule has 10 heteroatoms. The number of fused-ring (bicyclic) bond motifs is 2. The van der Waals surface area contributed by atoms with Crippen molar-refractivity contribution in [1.82, 2.24) is 31.0 Å². The zero-order valence-electron chi connectivity index (χ0n) is 19.0. The molecule has 1 unspecified atom stereocenters. The van der Waals surface area contributed by atoms with Crippen LogP contribution in [0, 0.1) is 6.92 Å². The molecule has 1 aliphatic carbocycles. The fraction of sp³-hybridized carbons (Fsp3) is 0.417. The van der Waals surface area contributed by atoms with E-state index in [-0.39, 0.29) is 12.5 Å². The summed E-state index contributed by atoms with van der Waals surface area (Å²) in [6.45, 7) is 2.79. The van der Waals surface area contributed by atoms with E-state index in [1.807, 2.05) is 25.1 Å². The number of aromatic amines is 1. The van der Waals surface area contributed by atoms with E-state index in [1.54, 1.807) is 11.1 Å². The van der Waals surface area contributed by atoms with E-state index >= 15 is 0 Å². The first-order valence-electron chi connectivity index (χ1n) is 11.5. The molecule has 3 aliphatic rings. The van der Waals surface area contributed by atoms with Crippen molar-refractivity contribution in [2.45, 2.75) is 50.6 Å². The maximum absolute atomic E-state index is 13.0. The summed E-state index contributed by atoms with van der Waals surface area (Å²) in [5.41, 5.74) is 4.30. The predicted molar refractivity (Wildman–Crippen MR) is 125 cm³/mol. The van der Waals surface area contributed by atoms with Gasteiger partial charge >= 0.3 is 18.0 Å². The number of nitrogens with one attached hydrogen (secondary N) is 4. The summed E-state index contributed by atoms with van der Waals surface area (Å²) in [4.78, 5) is 38.8. The van der Waals surface area contributed by atoms with Crippen LogP contribution in [-0.4, -0.2) is 62.9 Å². The topological polar surface area (TPSA) is 139 Å². The number of benzene rings is 1. The van der Waals surface area contributed by atoms with E-state index in [0.717, 1.165) is 40.6 Å². The molecular formula is C24H28N6O4. The van der Waals surface area contributed by atoms with Crippen LogP contribution in [0.4, 0.5) is 9.59 Å². The van der Waals surface area contributed by atoms with Crippen LogP contribution >= 0.6 is 0 Å². The van der Waals surface area contributed by atoms with Gasteiger partial charge in [0, 0.05) is 30.6 Å². The number of carbonyl (C=O) groups is 3. The van der Waals surface area contributed by atoms with E-state index < -0.39 is 23.6 Å². The number of amides is 4. The van der Waals surface area contributed by atoms with E-state index in [9.17, 15) is 19.5 Å². The van der Waals surface area contributed by atoms with Crippen molar-refractivity contribution < 1.29 is 19.5 Å². The largest absolute Gasteiger partial charge is 0.480 e. The van der Waals surface area contributed by atoms with Crippen LogP contribution < -0.4 is 16.0 Å². The fourth-order valence-corrected chi connectivity index (χ4v) is 5.35. The minimum atomic E-state index is -1.08. The second kappa shape index (κ2) is 8.51. The summed E-state index contributed by atoms with van der Waals surface area (Å²) in [5, 5.41) is 26.3. The van der Waals surface area contributed by atoms with Gasteiger partial charge in [0.2, 0.25) is 0 Å². The highest BCUT2D eigenvalue weighted by Gasteiger charge is 2.44. The van der Waals surface area contributed by atoms with E-state index in [2.05, 4.69) is 32.2 Å². The maximum Gasteiger partial charge on any atom is 0.326 e. The SMILES string of the molecule is Cc1cc(CC(NC(=O)N2CCC3(CC2)NC(=O)NC2=C3CCC=C2)C(=O)O)cc2cn[nH]c12. The number of carboxylic acids is 1. The van der Waals surface area contributed by atoms with E-state index in [4.69, 9.17) is 0 Å². The van der Waals surface area contributed by atoms with E-state index in [1.165, 1.54) is 5.57 Å². The van der Waals surface area contributed by atoms with Crippen LogP contribution in [0.5, 0.6) is 0 Å². The lowest BCUT2D eigenvalue weighted by atomic mass is 9.75. The van der Waals surface area contributed by atoms with Crippen LogP contribution in [0.2, 0.25) is 0 Å². The minimum absolute atomic E-state index is 0.172. The quantitative estimate of drug-likeness (QED) is 0.473. The van der Waals surface area contributed by atoms with Crippen molar-refractivity contribution >= 4 is 28.9 Å². The fourth-order valence-electron chi connectivity index (χ4n) is 5.35. The molecule has 1 aromatic carbocycles. The number of aliphatic carboxylic acids is 1. The van der Waals surface area contributed by atoms with Crippen LogP contribution in [-0.2, 0) is 11.2 Å². The van der Waals surface area contributed by atoms with Crippen molar-refractivity contribution in [3.63, 3.8) is 0 Å². The molecule has 2 aliphatic heterocycles. The van der Waals surface area contributed by atoms with Crippen LogP contribution in [0.1, 0.15) is 36.8 Å². The number of H-pyrrole nitrogens is 1. The minimum Gasteiger partial charge on any atom is -0.480 e. The highest BCUT2D eigenvalue weighted by Crippen LogP contribution is 2.38. The Morgan fingerprint density at radius 2 is 2.09 bits per heavy atom. The summed E-state index contributed by atoms with van der Waals surface area (Å²) in [5.74, 6) is -1.08. The highest BCUT2D eigenvalue weighted by molar-refractivity contribution is 5.85. The molecular weight excluding hydrogens is 436 g/mol. The van der Waals surface area contributed by atoms with Gasteiger partial charge in [-0.3, -0.25) is 5.10 Å². The Labute approximate surface area is 196 Å². The molecule has 5 N–H and O–H groups in total. The van der Waals surface area contributed by atoms with Gasteiger partial charge in [-0.25, -0.2) is 14.4 Å². The van der Waals surface area contributed by atoms with Crippen molar-refractivity contribution in [3.8, 4) is 0 Å². The van der Waals surface area contributed by atoms with Crippen LogP contribution in [0.15, 0.2) is 41.8 Å². The summed E-state index contributed by atoms with van der Waals surface area (Å²) in [7, 11) is 0. The van der Waals surface area contributed by atoms with Gasteiger partial charge in [-0.05, 0) is 61.4 Å². The number of aromatic nitrogens is 2. The number of nitrogens with zero attached hydrogens (tertiary/aromatic N) is 2. The maximum atomic E-state index is 13.0. The number of rotatable bonds is 4. The molecule has 1 atom stereocenters. The Morgan fingerprint density at radius 1 is 1.29 bits per heavy atom. The number of urea groups is 2. The monoisotopic (exact) mass is 464 g/mol. The first kappa shape index (κ1) is 22.0. The summed E-state index contributed by atoms with van der Waals surface area (Å²) >= 11 is 0. The summed E-state index contributed by atoms with van der Waals surface area (Å²) in [6.07, 6.45) is 8.86. The lowest BCUT2D eigenvalue weighted by Crippen LogP contribution is -2.63. The number of hydrogen-bond acceptors (Lipinski definition) is 4. The third kappa shape index (κ3) is 4.00. The lowest BCUT2D eigenvalue weighted by Gasteiger charge is -2.47.